The normalized spacial score (nSPS) is 11.1. The van der Waals surface area contributed by atoms with E-state index in [0.717, 1.165) is 28.1 Å². The zero-order valence-corrected chi connectivity index (χ0v) is 13.9. The summed E-state index contributed by atoms with van der Waals surface area (Å²) in [5, 5.41) is 5.93. The van der Waals surface area contributed by atoms with Crippen molar-refractivity contribution in [2.24, 2.45) is 0 Å². The summed E-state index contributed by atoms with van der Waals surface area (Å²) in [6.07, 6.45) is 0. The van der Waals surface area contributed by atoms with Crippen LogP contribution in [0.25, 0.3) is 0 Å². The van der Waals surface area contributed by atoms with Crippen LogP contribution in [-0.4, -0.2) is 6.03 Å². The van der Waals surface area contributed by atoms with Gasteiger partial charge in [0.15, 0.2) is 0 Å². The van der Waals surface area contributed by atoms with Gasteiger partial charge in [-0.05, 0) is 42.0 Å². The first-order chi connectivity index (χ1) is 10.3. The SMILES string of the molecule is Cc1cccc(C)c1NC(=O)Nc1ccccc1C(C)(C)C. The second kappa shape index (κ2) is 6.22. The lowest BCUT2D eigenvalue weighted by atomic mass is 9.86. The fourth-order valence-electron chi connectivity index (χ4n) is 2.52. The van der Waals surface area contributed by atoms with Crippen LogP contribution in [0.4, 0.5) is 16.2 Å². The van der Waals surface area contributed by atoms with Gasteiger partial charge in [0.2, 0.25) is 0 Å². The van der Waals surface area contributed by atoms with Gasteiger partial charge < -0.3 is 10.6 Å². The quantitative estimate of drug-likeness (QED) is 0.781. The molecule has 3 heteroatoms. The monoisotopic (exact) mass is 296 g/mol. The van der Waals surface area contributed by atoms with Crippen molar-refractivity contribution in [1.82, 2.24) is 0 Å². The third-order valence-corrected chi connectivity index (χ3v) is 3.70. The molecular formula is C19H24N2O. The number of amides is 2. The molecule has 2 aromatic carbocycles. The maximum absolute atomic E-state index is 12.3. The number of carbonyl (C=O) groups excluding carboxylic acids is 1. The van der Waals surface area contributed by atoms with Crippen molar-refractivity contribution in [3.63, 3.8) is 0 Å². The number of anilines is 2. The number of aryl methyl sites for hydroxylation is 2. The van der Waals surface area contributed by atoms with Gasteiger partial charge in [-0.1, -0.05) is 57.2 Å². The number of hydrogen-bond donors (Lipinski definition) is 2. The fourth-order valence-corrected chi connectivity index (χ4v) is 2.52. The number of rotatable bonds is 2. The van der Waals surface area contributed by atoms with E-state index in [1.165, 1.54) is 0 Å². The van der Waals surface area contributed by atoms with Crippen LogP contribution in [0.15, 0.2) is 42.5 Å². The molecule has 3 nitrogen and oxygen atoms in total. The largest absolute Gasteiger partial charge is 0.323 e. The van der Waals surface area contributed by atoms with Crippen LogP contribution < -0.4 is 10.6 Å². The van der Waals surface area contributed by atoms with E-state index < -0.39 is 0 Å². The number of urea groups is 1. The Morgan fingerprint density at radius 2 is 1.45 bits per heavy atom. The van der Waals surface area contributed by atoms with Crippen molar-refractivity contribution < 1.29 is 4.79 Å². The van der Waals surface area contributed by atoms with Gasteiger partial charge in [-0.25, -0.2) is 4.79 Å². The van der Waals surface area contributed by atoms with Crippen LogP contribution in [-0.2, 0) is 5.41 Å². The van der Waals surface area contributed by atoms with E-state index in [4.69, 9.17) is 0 Å². The maximum Gasteiger partial charge on any atom is 0.323 e. The molecule has 0 aliphatic heterocycles. The van der Waals surface area contributed by atoms with Crippen LogP contribution in [0.3, 0.4) is 0 Å². The Bertz CT molecular complexity index is 664. The van der Waals surface area contributed by atoms with Gasteiger partial charge in [-0.2, -0.15) is 0 Å². The average Bonchev–Trinajstić information content (AvgIpc) is 2.42. The molecule has 0 aliphatic rings. The second-order valence-corrected chi connectivity index (χ2v) is 6.64. The highest BCUT2D eigenvalue weighted by Crippen LogP contribution is 2.29. The fraction of sp³-hybridized carbons (Fsp3) is 0.316. The number of para-hydroxylation sites is 2. The van der Waals surface area contributed by atoms with E-state index in [1.807, 2.05) is 50.2 Å². The summed E-state index contributed by atoms with van der Waals surface area (Å²) in [7, 11) is 0. The average molecular weight is 296 g/mol. The molecule has 0 atom stereocenters. The third kappa shape index (κ3) is 3.67. The molecule has 0 aromatic heterocycles. The van der Waals surface area contributed by atoms with E-state index in [9.17, 15) is 4.79 Å². The van der Waals surface area contributed by atoms with Gasteiger partial charge in [0, 0.05) is 11.4 Å². The van der Waals surface area contributed by atoms with Crippen molar-refractivity contribution in [1.29, 1.82) is 0 Å². The van der Waals surface area contributed by atoms with E-state index in [2.05, 4.69) is 37.5 Å². The summed E-state index contributed by atoms with van der Waals surface area (Å²) in [6.45, 7) is 10.4. The van der Waals surface area contributed by atoms with Crippen LogP contribution in [0.1, 0.15) is 37.5 Å². The van der Waals surface area contributed by atoms with Crippen molar-refractivity contribution >= 4 is 17.4 Å². The summed E-state index contributed by atoms with van der Waals surface area (Å²) in [5.41, 5.74) is 4.92. The molecule has 22 heavy (non-hydrogen) atoms. The first-order valence-corrected chi connectivity index (χ1v) is 7.53. The van der Waals surface area contributed by atoms with Crippen molar-refractivity contribution in [2.45, 2.75) is 40.0 Å². The number of nitrogens with one attached hydrogen (secondary N) is 2. The highest BCUT2D eigenvalue weighted by Gasteiger charge is 2.18. The summed E-state index contributed by atoms with van der Waals surface area (Å²) < 4.78 is 0. The first kappa shape index (κ1) is 16.1. The van der Waals surface area contributed by atoms with Gasteiger partial charge >= 0.3 is 6.03 Å². The summed E-state index contributed by atoms with van der Waals surface area (Å²) >= 11 is 0. The van der Waals surface area contributed by atoms with Crippen LogP contribution in [0, 0.1) is 13.8 Å². The Labute approximate surface area is 132 Å². The molecule has 2 amide bonds. The third-order valence-electron chi connectivity index (χ3n) is 3.70. The zero-order valence-electron chi connectivity index (χ0n) is 13.9. The maximum atomic E-state index is 12.3. The number of benzene rings is 2. The van der Waals surface area contributed by atoms with Gasteiger partial charge in [0.05, 0.1) is 0 Å². The Morgan fingerprint density at radius 3 is 2.05 bits per heavy atom. The molecule has 2 N–H and O–H groups in total. The molecule has 0 fully saturated rings. The predicted octanol–water partition coefficient (Wildman–Crippen LogP) is 5.24. The van der Waals surface area contributed by atoms with Gasteiger partial charge in [0.1, 0.15) is 0 Å². The Hall–Kier alpha value is -2.29. The van der Waals surface area contributed by atoms with E-state index in [1.54, 1.807) is 0 Å². The number of carbonyl (C=O) groups is 1. The lowest BCUT2D eigenvalue weighted by Crippen LogP contribution is -2.23. The van der Waals surface area contributed by atoms with Crippen LogP contribution in [0.5, 0.6) is 0 Å². The molecule has 0 spiro atoms. The Morgan fingerprint density at radius 1 is 0.864 bits per heavy atom. The van der Waals surface area contributed by atoms with Crippen molar-refractivity contribution in [3.05, 3.63) is 59.2 Å². The van der Waals surface area contributed by atoms with Crippen LogP contribution in [0.2, 0.25) is 0 Å². The molecule has 0 bridgehead atoms. The van der Waals surface area contributed by atoms with E-state index in [0.29, 0.717) is 0 Å². The summed E-state index contributed by atoms with van der Waals surface area (Å²) in [5.74, 6) is 0. The molecular weight excluding hydrogens is 272 g/mol. The predicted molar refractivity (Wildman–Crippen MR) is 93.7 cm³/mol. The summed E-state index contributed by atoms with van der Waals surface area (Å²) in [6, 6.07) is 13.7. The molecule has 116 valence electrons. The van der Waals surface area contributed by atoms with Crippen molar-refractivity contribution in [3.8, 4) is 0 Å². The summed E-state index contributed by atoms with van der Waals surface area (Å²) in [4.78, 5) is 12.3. The highest BCUT2D eigenvalue weighted by molar-refractivity contribution is 6.01. The molecule has 0 radical (unpaired) electrons. The topological polar surface area (TPSA) is 41.1 Å². The molecule has 2 aromatic rings. The number of hydrogen-bond acceptors (Lipinski definition) is 1. The standard InChI is InChI=1S/C19H24N2O/c1-13-9-8-10-14(2)17(13)21-18(22)20-16-12-7-6-11-15(16)19(3,4)5/h6-12H,1-5H3,(H2,20,21,22). The Balaban J connectivity index is 2.20. The lowest BCUT2D eigenvalue weighted by molar-refractivity contribution is 0.262. The van der Waals surface area contributed by atoms with E-state index in [-0.39, 0.29) is 11.4 Å². The zero-order chi connectivity index (χ0) is 16.3. The second-order valence-electron chi connectivity index (χ2n) is 6.64. The minimum atomic E-state index is -0.214. The molecule has 0 unspecified atom stereocenters. The molecule has 0 heterocycles. The molecule has 0 saturated carbocycles. The van der Waals surface area contributed by atoms with Crippen LogP contribution >= 0.6 is 0 Å². The smallest absolute Gasteiger partial charge is 0.307 e. The van der Waals surface area contributed by atoms with Gasteiger partial charge in [-0.15, -0.1) is 0 Å². The molecule has 2 rings (SSSR count). The highest BCUT2D eigenvalue weighted by atomic mass is 16.2. The molecule has 0 aliphatic carbocycles. The van der Waals surface area contributed by atoms with Gasteiger partial charge in [-0.3, -0.25) is 0 Å². The van der Waals surface area contributed by atoms with E-state index >= 15 is 0 Å². The minimum Gasteiger partial charge on any atom is -0.307 e. The molecule has 0 saturated heterocycles. The van der Waals surface area contributed by atoms with Gasteiger partial charge in [0.25, 0.3) is 0 Å². The minimum absolute atomic E-state index is 0.0253. The lowest BCUT2D eigenvalue weighted by Gasteiger charge is -2.23. The van der Waals surface area contributed by atoms with Crippen molar-refractivity contribution in [2.75, 3.05) is 10.6 Å². The first-order valence-electron chi connectivity index (χ1n) is 7.53. The Kier molecular flexibility index (Phi) is 4.55.